The van der Waals surface area contributed by atoms with Crippen molar-refractivity contribution < 1.29 is 14.3 Å². The number of carbonyl (C=O) groups excluding carboxylic acids is 2. The van der Waals surface area contributed by atoms with Gasteiger partial charge in [0.2, 0.25) is 5.91 Å². The van der Waals surface area contributed by atoms with Crippen molar-refractivity contribution >= 4 is 12.0 Å². The molecule has 0 aliphatic carbocycles. The van der Waals surface area contributed by atoms with Crippen molar-refractivity contribution in [1.29, 1.82) is 0 Å². The summed E-state index contributed by atoms with van der Waals surface area (Å²) in [6.45, 7) is 9.10. The summed E-state index contributed by atoms with van der Waals surface area (Å²) < 4.78 is 4.95. The third-order valence-electron chi connectivity index (χ3n) is 5.31. The molecule has 0 bridgehead atoms. The minimum atomic E-state index is -0.184. The molecule has 0 N–H and O–H groups in total. The summed E-state index contributed by atoms with van der Waals surface area (Å²) in [6, 6.07) is 0. The van der Waals surface area contributed by atoms with Gasteiger partial charge < -0.3 is 14.5 Å². The van der Waals surface area contributed by atoms with Gasteiger partial charge >= 0.3 is 6.09 Å². The van der Waals surface area contributed by atoms with Crippen LogP contribution in [0.25, 0.3) is 0 Å². The highest BCUT2D eigenvalue weighted by Gasteiger charge is 2.25. The molecule has 0 spiro atoms. The molecule has 0 atom stereocenters. The molecule has 3 aliphatic heterocycles. The molecule has 24 heavy (non-hydrogen) atoms. The minimum Gasteiger partial charge on any atom is -0.448 e. The number of rotatable bonds is 5. The smallest absolute Gasteiger partial charge is 0.409 e. The Bertz CT molecular complexity index is 430. The van der Waals surface area contributed by atoms with E-state index in [2.05, 4.69) is 14.7 Å². The molecule has 3 heterocycles. The molecule has 3 fully saturated rings. The second-order valence-electron chi connectivity index (χ2n) is 7.01. The average molecular weight is 338 g/mol. The monoisotopic (exact) mass is 338 g/mol. The van der Waals surface area contributed by atoms with E-state index >= 15 is 0 Å². The van der Waals surface area contributed by atoms with Crippen LogP contribution in [0, 0.1) is 0 Å². The number of piperazine rings is 1. The largest absolute Gasteiger partial charge is 0.448 e. The summed E-state index contributed by atoms with van der Waals surface area (Å²) in [7, 11) is 0. The van der Waals surface area contributed by atoms with Crippen molar-refractivity contribution in [1.82, 2.24) is 19.6 Å². The fourth-order valence-corrected chi connectivity index (χ4v) is 3.67. The van der Waals surface area contributed by atoms with Crippen molar-refractivity contribution in [2.75, 3.05) is 72.1 Å². The average Bonchev–Trinajstić information content (AvgIpc) is 2.84. The molecular formula is C17H30N4O3. The number of carbonyl (C=O) groups is 2. The summed E-state index contributed by atoms with van der Waals surface area (Å²) in [5.74, 6) is 0.296. The minimum absolute atomic E-state index is 0.184. The summed E-state index contributed by atoms with van der Waals surface area (Å²) in [4.78, 5) is 32.4. The number of amides is 2. The van der Waals surface area contributed by atoms with E-state index in [4.69, 9.17) is 4.74 Å². The van der Waals surface area contributed by atoms with E-state index in [0.29, 0.717) is 25.6 Å². The van der Waals surface area contributed by atoms with Gasteiger partial charge in [-0.1, -0.05) is 12.8 Å². The molecule has 7 heteroatoms. The second kappa shape index (κ2) is 8.67. The van der Waals surface area contributed by atoms with Gasteiger partial charge in [0.05, 0.1) is 13.1 Å². The highest BCUT2D eigenvalue weighted by atomic mass is 16.6. The number of hydrogen-bond acceptors (Lipinski definition) is 5. The first-order valence-corrected chi connectivity index (χ1v) is 9.36. The fraction of sp³-hybridized carbons (Fsp3) is 0.882. The zero-order valence-corrected chi connectivity index (χ0v) is 14.6. The van der Waals surface area contributed by atoms with E-state index in [1.165, 1.54) is 12.8 Å². The predicted octanol–water partition coefficient (Wildman–Crippen LogP) is 0.459. The molecular weight excluding hydrogens is 308 g/mol. The van der Waals surface area contributed by atoms with Crippen LogP contribution in [0.1, 0.15) is 25.7 Å². The molecule has 136 valence electrons. The first-order valence-electron chi connectivity index (χ1n) is 9.36. The molecule has 0 aromatic carbocycles. The van der Waals surface area contributed by atoms with Crippen LogP contribution < -0.4 is 0 Å². The predicted molar refractivity (Wildman–Crippen MR) is 90.8 cm³/mol. The zero-order chi connectivity index (χ0) is 16.8. The number of ether oxygens (including phenoxy) is 1. The first-order chi connectivity index (χ1) is 11.7. The lowest BCUT2D eigenvalue weighted by Crippen LogP contribution is -2.51. The topological polar surface area (TPSA) is 56.3 Å². The Kier molecular flexibility index (Phi) is 6.31. The van der Waals surface area contributed by atoms with Crippen LogP contribution in [0.2, 0.25) is 0 Å². The standard InChI is InChI=1S/C17H30N4O3/c22-16(20-5-3-1-2-4-6-20)15-19-9-7-18(8-10-19)11-12-21-13-14-24-17(21)23/h1-15H2. The van der Waals surface area contributed by atoms with Gasteiger partial charge in [0.1, 0.15) is 6.61 Å². The molecule has 3 saturated heterocycles. The van der Waals surface area contributed by atoms with Crippen molar-refractivity contribution in [3.05, 3.63) is 0 Å². The lowest BCUT2D eigenvalue weighted by molar-refractivity contribution is -0.132. The first kappa shape index (κ1) is 17.5. The van der Waals surface area contributed by atoms with Crippen molar-refractivity contribution in [2.24, 2.45) is 0 Å². The summed E-state index contributed by atoms with van der Waals surface area (Å²) in [5.41, 5.74) is 0. The maximum Gasteiger partial charge on any atom is 0.409 e. The summed E-state index contributed by atoms with van der Waals surface area (Å²) >= 11 is 0. The lowest BCUT2D eigenvalue weighted by Gasteiger charge is -2.35. The number of hydrogen-bond donors (Lipinski definition) is 0. The maximum absolute atomic E-state index is 12.4. The van der Waals surface area contributed by atoms with Crippen LogP contribution in [0.3, 0.4) is 0 Å². The summed E-state index contributed by atoms with van der Waals surface area (Å²) in [6.07, 6.45) is 4.63. The van der Waals surface area contributed by atoms with Crippen molar-refractivity contribution in [3.8, 4) is 0 Å². The Labute approximate surface area is 144 Å². The lowest BCUT2D eigenvalue weighted by atomic mass is 10.2. The van der Waals surface area contributed by atoms with E-state index in [1.807, 2.05) is 0 Å². The van der Waals surface area contributed by atoms with Crippen LogP contribution in [0.5, 0.6) is 0 Å². The highest BCUT2D eigenvalue weighted by molar-refractivity contribution is 5.78. The van der Waals surface area contributed by atoms with E-state index in [0.717, 1.165) is 65.2 Å². The molecule has 7 nitrogen and oxygen atoms in total. The van der Waals surface area contributed by atoms with Gasteiger partial charge in [-0.05, 0) is 12.8 Å². The SMILES string of the molecule is O=C(CN1CCN(CCN2CCOC2=O)CC1)N1CCCCCC1. The Hall–Kier alpha value is -1.34. The maximum atomic E-state index is 12.4. The molecule has 3 rings (SSSR count). The van der Waals surface area contributed by atoms with Crippen LogP contribution in [-0.2, 0) is 9.53 Å². The molecule has 0 unspecified atom stereocenters. The van der Waals surface area contributed by atoms with Gasteiger partial charge in [-0.15, -0.1) is 0 Å². The Morgan fingerprint density at radius 3 is 2.12 bits per heavy atom. The van der Waals surface area contributed by atoms with E-state index < -0.39 is 0 Å². The Morgan fingerprint density at radius 2 is 1.50 bits per heavy atom. The van der Waals surface area contributed by atoms with Gasteiger partial charge in [0.15, 0.2) is 0 Å². The van der Waals surface area contributed by atoms with Gasteiger partial charge in [0.25, 0.3) is 0 Å². The highest BCUT2D eigenvalue weighted by Crippen LogP contribution is 2.11. The van der Waals surface area contributed by atoms with Gasteiger partial charge in [-0.2, -0.15) is 0 Å². The second-order valence-corrected chi connectivity index (χ2v) is 7.01. The Balaban J connectivity index is 1.34. The van der Waals surface area contributed by atoms with Crippen molar-refractivity contribution in [3.63, 3.8) is 0 Å². The third-order valence-corrected chi connectivity index (χ3v) is 5.31. The van der Waals surface area contributed by atoms with E-state index in [-0.39, 0.29) is 6.09 Å². The molecule has 0 aromatic rings. The van der Waals surface area contributed by atoms with E-state index in [1.54, 1.807) is 4.90 Å². The van der Waals surface area contributed by atoms with Gasteiger partial charge in [-0.25, -0.2) is 4.79 Å². The molecule has 0 saturated carbocycles. The van der Waals surface area contributed by atoms with Crippen LogP contribution in [0.4, 0.5) is 4.79 Å². The van der Waals surface area contributed by atoms with Crippen molar-refractivity contribution in [2.45, 2.75) is 25.7 Å². The van der Waals surface area contributed by atoms with Crippen LogP contribution in [0.15, 0.2) is 0 Å². The zero-order valence-electron chi connectivity index (χ0n) is 14.6. The van der Waals surface area contributed by atoms with Crippen LogP contribution >= 0.6 is 0 Å². The fourth-order valence-electron chi connectivity index (χ4n) is 3.67. The van der Waals surface area contributed by atoms with Gasteiger partial charge in [0, 0.05) is 52.4 Å². The van der Waals surface area contributed by atoms with E-state index in [9.17, 15) is 9.59 Å². The molecule has 0 radical (unpaired) electrons. The third kappa shape index (κ3) is 4.83. The summed E-state index contributed by atoms with van der Waals surface area (Å²) in [5, 5.41) is 0. The normalized spacial score (nSPS) is 24.1. The quantitative estimate of drug-likeness (QED) is 0.729. The molecule has 0 aromatic heterocycles. The van der Waals surface area contributed by atoms with Gasteiger partial charge in [-0.3, -0.25) is 14.6 Å². The molecule has 2 amide bonds. The van der Waals surface area contributed by atoms with Crippen LogP contribution in [-0.4, -0.2) is 104 Å². The number of likely N-dealkylation sites (tertiary alicyclic amines) is 1. The Morgan fingerprint density at radius 1 is 0.833 bits per heavy atom. The number of nitrogens with zero attached hydrogens (tertiary/aromatic N) is 4. The molecule has 3 aliphatic rings. The number of cyclic esters (lactones) is 1.